The number of benzene rings is 2. The van der Waals surface area contributed by atoms with Crippen molar-refractivity contribution in [3.05, 3.63) is 41.5 Å². The van der Waals surface area contributed by atoms with Gasteiger partial charge in [0.15, 0.2) is 5.82 Å². The Morgan fingerprint density at radius 1 is 1.20 bits per heavy atom. The van der Waals surface area contributed by atoms with E-state index in [0.717, 1.165) is 19.4 Å². The van der Waals surface area contributed by atoms with E-state index >= 15 is 4.39 Å². The number of halogens is 3. The molecule has 5 heterocycles. The first kappa shape index (κ1) is 30.3. The molecule has 46 heavy (non-hydrogen) atoms. The molecule has 0 bridgehead atoms. The maximum atomic E-state index is 16.8. The van der Waals surface area contributed by atoms with E-state index in [1.54, 1.807) is 0 Å². The van der Waals surface area contributed by atoms with Gasteiger partial charge in [0.25, 0.3) is 0 Å². The highest BCUT2D eigenvalue weighted by atomic mass is 19.1. The number of fused-ring (bicyclic) bond motifs is 3. The number of alkyl halides is 1. The Morgan fingerprint density at radius 3 is 2.85 bits per heavy atom. The number of hydrogen-bond acceptors (Lipinski definition) is 10. The lowest BCUT2D eigenvalue weighted by Crippen LogP contribution is -2.43. The van der Waals surface area contributed by atoms with E-state index in [0.29, 0.717) is 38.2 Å². The van der Waals surface area contributed by atoms with Gasteiger partial charge in [0.2, 0.25) is 5.88 Å². The highest BCUT2D eigenvalue weighted by Gasteiger charge is 2.49. The second-order valence-corrected chi connectivity index (χ2v) is 11.8. The topological polar surface area (TPSA) is 111 Å². The van der Waals surface area contributed by atoms with Gasteiger partial charge in [0.1, 0.15) is 46.8 Å². The molecule has 3 fully saturated rings. The number of pyridine rings is 1. The van der Waals surface area contributed by atoms with E-state index < -0.39 is 23.3 Å². The fraction of sp³-hybridized carbons (Fsp3) is 0.424. The number of nitrogens with one attached hydrogen (secondary N) is 1. The average Bonchev–Trinajstić information content (AvgIpc) is 3.59. The highest BCUT2D eigenvalue weighted by Crippen LogP contribution is 2.43. The average molecular weight is 636 g/mol. The summed E-state index contributed by atoms with van der Waals surface area (Å²) in [6.07, 6.45) is 6.43. The smallest absolute Gasteiger partial charge is 0.319 e. The number of aromatic nitrogens is 3. The minimum atomic E-state index is -0.957. The van der Waals surface area contributed by atoms with Crippen molar-refractivity contribution in [2.75, 3.05) is 58.5 Å². The van der Waals surface area contributed by atoms with Crippen molar-refractivity contribution in [1.82, 2.24) is 19.9 Å². The number of ether oxygens (including phenoxy) is 4. The van der Waals surface area contributed by atoms with E-state index in [-0.39, 0.29) is 75.8 Å². The van der Waals surface area contributed by atoms with Crippen molar-refractivity contribution >= 4 is 27.5 Å². The zero-order chi connectivity index (χ0) is 32.0. The van der Waals surface area contributed by atoms with Crippen LogP contribution in [0.15, 0.2) is 24.3 Å². The normalized spacial score (nSPS) is 23.0. The van der Waals surface area contributed by atoms with Gasteiger partial charge in [-0.05, 0) is 43.0 Å². The summed E-state index contributed by atoms with van der Waals surface area (Å²) in [5.74, 6) is 0.695. The van der Waals surface area contributed by atoms with Crippen LogP contribution >= 0.6 is 0 Å². The van der Waals surface area contributed by atoms with E-state index in [1.165, 1.54) is 31.4 Å². The summed E-state index contributed by atoms with van der Waals surface area (Å²) in [5, 5.41) is 14.4. The third-order valence-corrected chi connectivity index (χ3v) is 8.99. The Bertz CT molecular complexity index is 1860. The number of anilines is 1. The predicted octanol–water partition coefficient (Wildman–Crippen LogP) is 4.60. The van der Waals surface area contributed by atoms with Crippen LogP contribution in [0.25, 0.3) is 32.9 Å². The summed E-state index contributed by atoms with van der Waals surface area (Å²) in [4.78, 5) is 15.6. The first-order chi connectivity index (χ1) is 22.3. The molecule has 3 aliphatic heterocycles. The first-order valence-corrected chi connectivity index (χ1v) is 15.1. The Kier molecular flexibility index (Phi) is 7.96. The van der Waals surface area contributed by atoms with Gasteiger partial charge in [0, 0.05) is 30.5 Å². The summed E-state index contributed by atoms with van der Waals surface area (Å²) < 4.78 is 69.1. The lowest BCUT2D eigenvalue weighted by molar-refractivity contribution is -0.0819. The van der Waals surface area contributed by atoms with Crippen LogP contribution in [-0.2, 0) is 9.47 Å². The molecule has 2 aromatic heterocycles. The summed E-state index contributed by atoms with van der Waals surface area (Å²) >= 11 is 0. The summed E-state index contributed by atoms with van der Waals surface area (Å²) in [5.41, 5.74) is -1.03. The van der Waals surface area contributed by atoms with E-state index in [1.807, 2.05) is 0 Å². The molecule has 0 aliphatic carbocycles. The van der Waals surface area contributed by atoms with Gasteiger partial charge in [-0.3, -0.25) is 4.90 Å². The van der Waals surface area contributed by atoms with Crippen LogP contribution in [0.3, 0.4) is 0 Å². The number of aromatic hydroxyl groups is 1. The van der Waals surface area contributed by atoms with Crippen LogP contribution in [0.5, 0.6) is 17.6 Å². The number of hydrogen-bond donors (Lipinski definition) is 2. The molecule has 0 amide bonds. The molecule has 3 aliphatic rings. The fourth-order valence-corrected chi connectivity index (χ4v) is 6.90. The molecule has 240 valence electrons. The van der Waals surface area contributed by atoms with Crippen molar-refractivity contribution in [2.24, 2.45) is 0 Å². The summed E-state index contributed by atoms with van der Waals surface area (Å²) in [6, 6.07) is 5.16. The lowest BCUT2D eigenvalue weighted by Gasteiger charge is -2.30. The molecule has 3 atom stereocenters. The molecule has 4 aromatic rings. The molecule has 0 saturated carbocycles. The van der Waals surface area contributed by atoms with Crippen LogP contribution in [0, 0.1) is 24.0 Å². The second kappa shape index (κ2) is 12.1. The van der Waals surface area contributed by atoms with Crippen LogP contribution in [0.1, 0.15) is 24.8 Å². The molecule has 0 spiro atoms. The van der Waals surface area contributed by atoms with Crippen LogP contribution < -0.4 is 14.8 Å². The molecular weight excluding hydrogens is 603 g/mol. The standard InChI is InChI=1S/C33H32F3N5O5/c1-3-22-24(35)6-5-18-11-20(42)12-23(25(18)22)28-27(36)29-26(31(38-28)43-2)30(37-14-21-16-44-9-10-45-21)40-32(39-29)46-17-33-7-4-8-41(33)15-19(34)13-33/h1,5-6,11-12,19,21,42H,4,7-10,13-17H2,2H3,(H,37,39,40)/t19-,21-,33+/m1/s1. The van der Waals surface area contributed by atoms with Crippen LogP contribution in [-0.4, -0.2) is 95.9 Å². The van der Waals surface area contributed by atoms with Gasteiger partial charge in [-0.15, -0.1) is 6.42 Å². The van der Waals surface area contributed by atoms with Crippen LogP contribution in [0.4, 0.5) is 19.0 Å². The minimum Gasteiger partial charge on any atom is -0.508 e. The maximum absolute atomic E-state index is 16.8. The maximum Gasteiger partial charge on any atom is 0.319 e. The van der Waals surface area contributed by atoms with Gasteiger partial charge in [-0.1, -0.05) is 12.0 Å². The van der Waals surface area contributed by atoms with E-state index in [9.17, 15) is 13.9 Å². The Morgan fingerprint density at radius 2 is 2.07 bits per heavy atom. The molecule has 0 unspecified atom stereocenters. The third-order valence-electron chi connectivity index (χ3n) is 8.99. The van der Waals surface area contributed by atoms with Crippen molar-refractivity contribution in [1.29, 1.82) is 0 Å². The lowest BCUT2D eigenvalue weighted by atomic mass is 9.95. The number of phenols is 1. The molecule has 10 nitrogen and oxygen atoms in total. The number of nitrogens with zero attached hydrogens (tertiary/aromatic N) is 4. The monoisotopic (exact) mass is 635 g/mol. The van der Waals surface area contributed by atoms with E-state index in [2.05, 4.69) is 31.1 Å². The predicted molar refractivity (Wildman–Crippen MR) is 164 cm³/mol. The molecule has 2 N–H and O–H groups in total. The first-order valence-electron chi connectivity index (χ1n) is 15.1. The largest absolute Gasteiger partial charge is 0.508 e. The fourth-order valence-electron chi connectivity index (χ4n) is 6.90. The van der Waals surface area contributed by atoms with Gasteiger partial charge in [-0.2, -0.15) is 9.97 Å². The zero-order valence-electron chi connectivity index (χ0n) is 25.1. The highest BCUT2D eigenvalue weighted by molar-refractivity contribution is 6.04. The zero-order valence-corrected chi connectivity index (χ0v) is 25.1. The Balaban J connectivity index is 1.38. The van der Waals surface area contributed by atoms with Gasteiger partial charge >= 0.3 is 6.01 Å². The van der Waals surface area contributed by atoms with Gasteiger partial charge in [-0.25, -0.2) is 18.2 Å². The number of rotatable bonds is 8. The molecule has 13 heteroatoms. The minimum absolute atomic E-state index is 0.0342. The van der Waals surface area contributed by atoms with Crippen molar-refractivity contribution < 1.29 is 37.2 Å². The quantitative estimate of drug-likeness (QED) is 0.267. The summed E-state index contributed by atoms with van der Waals surface area (Å²) in [6.45, 7) is 2.78. The Labute approximate surface area is 262 Å². The third kappa shape index (κ3) is 5.30. The van der Waals surface area contributed by atoms with Gasteiger partial charge in [0.05, 0.1) is 44.1 Å². The molecule has 7 rings (SSSR count). The second-order valence-electron chi connectivity index (χ2n) is 11.8. The molecule has 0 radical (unpaired) electrons. The van der Waals surface area contributed by atoms with Crippen molar-refractivity contribution in [3.63, 3.8) is 0 Å². The SMILES string of the molecule is C#Cc1c(F)ccc2cc(O)cc(-c3nc(OC)c4c(NC[C@@H]5COCCO5)nc(OC[C@@]56CCCN5C[C@H](F)C6)nc4c3F)c12. The van der Waals surface area contributed by atoms with Gasteiger partial charge < -0.3 is 29.4 Å². The van der Waals surface area contributed by atoms with Crippen molar-refractivity contribution in [2.45, 2.75) is 37.1 Å². The molecule has 3 saturated heterocycles. The number of methoxy groups -OCH3 is 1. The number of phenolic OH excluding ortho intramolecular Hbond substituents is 1. The van der Waals surface area contributed by atoms with E-state index in [4.69, 9.17) is 25.4 Å². The Hall–Kier alpha value is -4.38. The van der Waals surface area contributed by atoms with Crippen LogP contribution in [0.2, 0.25) is 0 Å². The molecule has 2 aromatic carbocycles. The molecular formula is C33H32F3N5O5. The van der Waals surface area contributed by atoms with Crippen molar-refractivity contribution in [3.8, 4) is 41.2 Å². The summed E-state index contributed by atoms with van der Waals surface area (Å²) in [7, 11) is 1.37. The number of terminal acetylenes is 1.